The molecule has 7 heteroatoms. The molecule has 2 N–H and O–H groups in total. The van der Waals surface area contributed by atoms with Gasteiger partial charge in [-0.1, -0.05) is 19.4 Å². The lowest BCUT2D eigenvalue weighted by atomic mass is 10.0. The molecule has 0 amide bonds. The van der Waals surface area contributed by atoms with Gasteiger partial charge in [-0.15, -0.1) is 24.0 Å². The monoisotopic (exact) mass is 490 g/mol. The predicted molar refractivity (Wildman–Crippen MR) is 123 cm³/mol. The number of guanidine groups is 1. The Kier molecular flexibility index (Phi) is 11.5. The average Bonchev–Trinajstić information content (AvgIpc) is 2.70. The molecule has 1 heterocycles. The number of benzene rings is 1. The molecule has 6 nitrogen and oxygen atoms in total. The highest BCUT2D eigenvalue weighted by atomic mass is 127. The van der Waals surface area contributed by atoms with Crippen molar-refractivity contribution in [2.75, 3.05) is 47.4 Å². The third-order valence-electron chi connectivity index (χ3n) is 5.04. The highest BCUT2D eigenvalue weighted by molar-refractivity contribution is 14.0. The van der Waals surface area contributed by atoms with Crippen molar-refractivity contribution in [3.05, 3.63) is 23.8 Å². The molecular formula is C20H35IN4O2. The summed E-state index contributed by atoms with van der Waals surface area (Å²) in [5.74, 6) is 2.39. The summed E-state index contributed by atoms with van der Waals surface area (Å²) in [5, 5.41) is 6.89. The van der Waals surface area contributed by atoms with E-state index in [2.05, 4.69) is 33.5 Å². The molecule has 0 aromatic heterocycles. The van der Waals surface area contributed by atoms with Crippen LogP contribution in [-0.2, 0) is 6.42 Å². The first-order chi connectivity index (χ1) is 12.7. The van der Waals surface area contributed by atoms with E-state index < -0.39 is 0 Å². The van der Waals surface area contributed by atoms with E-state index in [1.807, 2.05) is 19.2 Å². The number of nitrogens with zero attached hydrogens (tertiary/aromatic N) is 2. The van der Waals surface area contributed by atoms with Crippen molar-refractivity contribution in [3.63, 3.8) is 0 Å². The van der Waals surface area contributed by atoms with Crippen molar-refractivity contribution in [1.82, 2.24) is 15.5 Å². The van der Waals surface area contributed by atoms with E-state index >= 15 is 0 Å². The maximum atomic E-state index is 5.37. The zero-order chi connectivity index (χ0) is 18.8. The van der Waals surface area contributed by atoms with E-state index in [4.69, 9.17) is 9.47 Å². The molecule has 1 fully saturated rings. The summed E-state index contributed by atoms with van der Waals surface area (Å²) in [6, 6.07) is 6.65. The van der Waals surface area contributed by atoms with E-state index in [1.165, 1.54) is 31.4 Å². The molecule has 1 aliphatic rings. The van der Waals surface area contributed by atoms with Crippen LogP contribution in [0.1, 0.15) is 31.7 Å². The summed E-state index contributed by atoms with van der Waals surface area (Å²) in [6.45, 7) is 6.35. The predicted octanol–water partition coefficient (Wildman–Crippen LogP) is 2.90. The van der Waals surface area contributed by atoms with Crippen molar-refractivity contribution in [2.24, 2.45) is 4.99 Å². The molecular weight excluding hydrogens is 455 g/mol. The molecule has 1 aromatic carbocycles. The molecule has 1 aliphatic heterocycles. The first kappa shape index (κ1) is 23.8. The molecule has 2 rings (SSSR count). The third kappa shape index (κ3) is 7.37. The van der Waals surface area contributed by atoms with Crippen LogP contribution in [0.25, 0.3) is 0 Å². The Bertz CT molecular complexity index is 583. The maximum absolute atomic E-state index is 5.37. The summed E-state index contributed by atoms with van der Waals surface area (Å²) in [6.07, 6.45) is 4.81. The first-order valence-electron chi connectivity index (χ1n) is 9.61. The minimum absolute atomic E-state index is 0. The standard InChI is InChI=1S/C20H34N4O2.HI/c1-5-24-13-7-6-8-17(24)15-23-20(21-2)22-12-11-16-9-10-18(25-3)19(14-16)26-4;/h9-10,14,17H,5-8,11-13,15H2,1-4H3,(H2,21,22,23);1H. The van der Waals surface area contributed by atoms with Crippen molar-refractivity contribution in [2.45, 2.75) is 38.6 Å². The van der Waals surface area contributed by atoms with Crippen LogP contribution in [0.4, 0.5) is 0 Å². The van der Waals surface area contributed by atoms with E-state index in [9.17, 15) is 0 Å². The number of aliphatic imine (C=N–C) groups is 1. The summed E-state index contributed by atoms with van der Waals surface area (Å²) in [7, 11) is 5.14. The number of nitrogens with one attached hydrogen (secondary N) is 2. The van der Waals surface area contributed by atoms with E-state index in [0.29, 0.717) is 6.04 Å². The Morgan fingerprint density at radius 1 is 1.19 bits per heavy atom. The SMILES string of the molecule is CCN1CCCCC1CNC(=NC)NCCc1ccc(OC)c(OC)c1.I. The van der Waals surface area contributed by atoms with Gasteiger partial charge in [0.25, 0.3) is 0 Å². The number of hydrogen-bond acceptors (Lipinski definition) is 4. The number of likely N-dealkylation sites (tertiary alicyclic amines) is 1. The lowest BCUT2D eigenvalue weighted by molar-refractivity contribution is 0.157. The second kappa shape index (κ2) is 13.0. The lowest BCUT2D eigenvalue weighted by Crippen LogP contribution is -2.49. The van der Waals surface area contributed by atoms with Crippen LogP contribution in [0.3, 0.4) is 0 Å². The van der Waals surface area contributed by atoms with Crippen LogP contribution in [0.5, 0.6) is 11.5 Å². The molecule has 1 atom stereocenters. The molecule has 0 radical (unpaired) electrons. The quantitative estimate of drug-likeness (QED) is 0.334. The van der Waals surface area contributed by atoms with Gasteiger partial charge in [0.2, 0.25) is 0 Å². The number of halogens is 1. The highest BCUT2D eigenvalue weighted by Gasteiger charge is 2.20. The van der Waals surface area contributed by atoms with Gasteiger partial charge in [-0.05, 0) is 50.0 Å². The molecule has 1 aromatic rings. The number of methoxy groups -OCH3 is 2. The fourth-order valence-electron chi connectivity index (χ4n) is 3.50. The Labute approximate surface area is 181 Å². The van der Waals surface area contributed by atoms with Gasteiger partial charge in [0.15, 0.2) is 17.5 Å². The molecule has 154 valence electrons. The summed E-state index contributed by atoms with van der Waals surface area (Å²) >= 11 is 0. The molecule has 0 aliphatic carbocycles. The van der Waals surface area contributed by atoms with Crippen LogP contribution in [-0.4, -0.2) is 64.3 Å². The normalized spacial score (nSPS) is 17.8. The molecule has 1 saturated heterocycles. The minimum Gasteiger partial charge on any atom is -0.493 e. The van der Waals surface area contributed by atoms with Crippen molar-refractivity contribution < 1.29 is 9.47 Å². The zero-order valence-corrected chi connectivity index (χ0v) is 19.4. The van der Waals surface area contributed by atoms with Gasteiger partial charge in [0, 0.05) is 26.2 Å². The van der Waals surface area contributed by atoms with Gasteiger partial charge < -0.3 is 20.1 Å². The summed E-state index contributed by atoms with van der Waals surface area (Å²) in [4.78, 5) is 6.91. The topological polar surface area (TPSA) is 58.1 Å². The average molecular weight is 490 g/mol. The smallest absolute Gasteiger partial charge is 0.191 e. The van der Waals surface area contributed by atoms with Crippen molar-refractivity contribution in [1.29, 1.82) is 0 Å². The number of rotatable bonds is 8. The van der Waals surface area contributed by atoms with Gasteiger partial charge in [-0.3, -0.25) is 9.89 Å². The number of likely N-dealkylation sites (N-methyl/N-ethyl adjacent to an activating group) is 1. The zero-order valence-electron chi connectivity index (χ0n) is 17.1. The number of ether oxygens (including phenoxy) is 2. The van der Waals surface area contributed by atoms with Crippen LogP contribution in [0.2, 0.25) is 0 Å². The second-order valence-electron chi connectivity index (χ2n) is 6.60. The number of hydrogen-bond donors (Lipinski definition) is 2. The van der Waals surface area contributed by atoms with Crippen LogP contribution >= 0.6 is 24.0 Å². The van der Waals surface area contributed by atoms with Gasteiger partial charge in [0.1, 0.15) is 0 Å². The molecule has 1 unspecified atom stereocenters. The lowest BCUT2D eigenvalue weighted by Gasteiger charge is -2.35. The Morgan fingerprint density at radius 2 is 1.96 bits per heavy atom. The highest BCUT2D eigenvalue weighted by Crippen LogP contribution is 2.27. The van der Waals surface area contributed by atoms with Gasteiger partial charge in [-0.25, -0.2) is 0 Å². The fraction of sp³-hybridized carbons (Fsp3) is 0.650. The molecule has 27 heavy (non-hydrogen) atoms. The Balaban J connectivity index is 0.00000364. The van der Waals surface area contributed by atoms with Crippen LogP contribution < -0.4 is 20.1 Å². The van der Waals surface area contributed by atoms with Gasteiger partial charge in [0.05, 0.1) is 14.2 Å². The first-order valence-corrected chi connectivity index (χ1v) is 9.61. The van der Waals surface area contributed by atoms with E-state index in [-0.39, 0.29) is 24.0 Å². The Hall–Kier alpha value is -1.22. The second-order valence-corrected chi connectivity index (χ2v) is 6.60. The van der Waals surface area contributed by atoms with Crippen LogP contribution in [0.15, 0.2) is 23.2 Å². The fourth-order valence-corrected chi connectivity index (χ4v) is 3.50. The third-order valence-corrected chi connectivity index (χ3v) is 5.04. The largest absolute Gasteiger partial charge is 0.493 e. The molecule has 0 bridgehead atoms. The maximum Gasteiger partial charge on any atom is 0.191 e. The van der Waals surface area contributed by atoms with Crippen molar-refractivity contribution in [3.8, 4) is 11.5 Å². The van der Waals surface area contributed by atoms with Gasteiger partial charge >= 0.3 is 0 Å². The van der Waals surface area contributed by atoms with Gasteiger partial charge in [-0.2, -0.15) is 0 Å². The van der Waals surface area contributed by atoms with E-state index in [1.54, 1.807) is 14.2 Å². The van der Waals surface area contributed by atoms with E-state index in [0.717, 1.165) is 43.5 Å². The minimum atomic E-state index is 0. The summed E-state index contributed by atoms with van der Waals surface area (Å²) < 4.78 is 10.7. The van der Waals surface area contributed by atoms with Crippen molar-refractivity contribution >= 4 is 29.9 Å². The molecule has 0 saturated carbocycles. The number of piperidine rings is 1. The summed E-state index contributed by atoms with van der Waals surface area (Å²) in [5.41, 5.74) is 1.20. The Morgan fingerprint density at radius 3 is 2.63 bits per heavy atom. The van der Waals surface area contributed by atoms with Crippen LogP contribution in [0, 0.1) is 0 Å². The molecule has 0 spiro atoms.